The quantitative estimate of drug-likeness (QED) is 0.809. The van der Waals surface area contributed by atoms with Gasteiger partial charge in [0, 0.05) is 11.8 Å². The summed E-state index contributed by atoms with van der Waals surface area (Å²) in [5.41, 5.74) is 0.549. The first kappa shape index (κ1) is 12.8. The largest absolute Gasteiger partial charge is 0.313 e. The summed E-state index contributed by atoms with van der Waals surface area (Å²) in [6.45, 7) is 6.10. The van der Waals surface area contributed by atoms with Gasteiger partial charge in [0.25, 0.3) is 0 Å². The molecule has 1 unspecified atom stereocenters. The van der Waals surface area contributed by atoms with Gasteiger partial charge in [0.2, 0.25) is 0 Å². The highest BCUT2D eigenvalue weighted by molar-refractivity contribution is 7.99. The van der Waals surface area contributed by atoms with E-state index in [1.165, 1.54) is 56.6 Å². The van der Waals surface area contributed by atoms with Gasteiger partial charge in [0.1, 0.15) is 0 Å². The summed E-state index contributed by atoms with van der Waals surface area (Å²) in [5.74, 6) is 3.65. The van der Waals surface area contributed by atoms with Gasteiger partial charge in [0.05, 0.1) is 0 Å². The van der Waals surface area contributed by atoms with Crippen molar-refractivity contribution in [2.75, 3.05) is 18.1 Å². The average Bonchev–Trinajstić information content (AvgIpc) is 2.27. The first-order chi connectivity index (χ1) is 7.66. The zero-order chi connectivity index (χ0) is 11.4. The van der Waals surface area contributed by atoms with Gasteiger partial charge in [-0.2, -0.15) is 11.8 Å². The summed E-state index contributed by atoms with van der Waals surface area (Å²) in [6.07, 6.45) is 8.72. The molecule has 94 valence electrons. The fourth-order valence-corrected chi connectivity index (χ4v) is 4.43. The Balaban J connectivity index is 1.68. The lowest BCUT2D eigenvalue weighted by Gasteiger charge is -2.36. The van der Waals surface area contributed by atoms with Crippen molar-refractivity contribution in [1.82, 2.24) is 5.32 Å². The van der Waals surface area contributed by atoms with Crippen LogP contribution >= 0.6 is 11.8 Å². The molecule has 1 aliphatic heterocycles. The third-order valence-corrected chi connectivity index (χ3v) is 5.65. The molecule has 0 aromatic heterocycles. The minimum atomic E-state index is 0.549. The highest BCUT2D eigenvalue weighted by atomic mass is 32.2. The Kier molecular flexibility index (Phi) is 4.60. The fourth-order valence-electron chi connectivity index (χ4n) is 3.12. The third-order valence-electron chi connectivity index (χ3n) is 4.03. The predicted molar refractivity (Wildman–Crippen MR) is 74.1 cm³/mol. The molecule has 0 aromatic rings. The van der Waals surface area contributed by atoms with Crippen molar-refractivity contribution in [2.45, 2.75) is 58.4 Å². The van der Waals surface area contributed by atoms with Crippen molar-refractivity contribution in [2.24, 2.45) is 11.3 Å². The minimum Gasteiger partial charge on any atom is -0.313 e. The Morgan fingerprint density at radius 2 is 1.94 bits per heavy atom. The summed E-state index contributed by atoms with van der Waals surface area (Å²) in [5, 5.41) is 3.83. The van der Waals surface area contributed by atoms with Crippen LogP contribution in [0.4, 0.5) is 0 Å². The van der Waals surface area contributed by atoms with Crippen LogP contribution in [0.2, 0.25) is 0 Å². The zero-order valence-electron chi connectivity index (χ0n) is 10.9. The van der Waals surface area contributed by atoms with Crippen molar-refractivity contribution in [3.8, 4) is 0 Å². The van der Waals surface area contributed by atoms with Gasteiger partial charge in [-0.1, -0.05) is 33.1 Å². The van der Waals surface area contributed by atoms with Gasteiger partial charge in [-0.3, -0.25) is 0 Å². The maximum atomic E-state index is 3.83. The van der Waals surface area contributed by atoms with Crippen LogP contribution in [0.15, 0.2) is 0 Å². The molecule has 0 spiro atoms. The van der Waals surface area contributed by atoms with Crippen molar-refractivity contribution < 1.29 is 0 Å². The summed E-state index contributed by atoms with van der Waals surface area (Å²) in [4.78, 5) is 0. The van der Waals surface area contributed by atoms with Gasteiger partial charge in [-0.05, 0) is 42.9 Å². The van der Waals surface area contributed by atoms with Gasteiger partial charge < -0.3 is 5.32 Å². The van der Waals surface area contributed by atoms with E-state index >= 15 is 0 Å². The van der Waals surface area contributed by atoms with E-state index in [0.717, 1.165) is 12.0 Å². The van der Waals surface area contributed by atoms with Gasteiger partial charge >= 0.3 is 0 Å². The summed E-state index contributed by atoms with van der Waals surface area (Å²) < 4.78 is 0. The maximum Gasteiger partial charge on any atom is 0.0163 e. The minimum absolute atomic E-state index is 0.549. The molecule has 2 aliphatic rings. The molecule has 2 rings (SSSR count). The standard InChI is InChI=1S/C14H27NS/c1-14(2)8-13(10-16-11-14)15-9-12-6-4-3-5-7-12/h12-13,15H,3-11H2,1-2H3. The maximum absolute atomic E-state index is 3.83. The van der Waals surface area contributed by atoms with Crippen LogP contribution in [0, 0.1) is 11.3 Å². The smallest absolute Gasteiger partial charge is 0.0163 e. The van der Waals surface area contributed by atoms with E-state index in [9.17, 15) is 0 Å². The van der Waals surface area contributed by atoms with E-state index in [-0.39, 0.29) is 0 Å². The van der Waals surface area contributed by atoms with Crippen LogP contribution < -0.4 is 5.32 Å². The molecule has 1 nitrogen and oxygen atoms in total. The number of hydrogen-bond acceptors (Lipinski definition) is 2. The fraction of sp³-hybridized carbons (Fsp3) is 1.00. The van der Waals surface area contributed by atoms with Crippen molar-refractivity contribution in [3.63, 3.8) is 0 Å². The molecule has 0 bridgehead atoms. The summed E-state index contributed by atoms with van der Waals surface area (Å²) in [6, 6.07) is 0.774. The molecule has 1 saturated heterocycles. The monoisotopic (exact) mass is 241 g/mol. The second kappa shape index (κ2) is 5.77. The van der Waals surface area contributed by atoms with Crippen molar-refractivity contribution in [1.29, 1.82) is 0 Å². The van der Waals surface area contributed by atoms with E-state index < -0.39 is 0 Å². The highest BCUT2D eigenvalue weighted by Gasteiger charge is 2.28. The van der Waals surface area contributed by atoms with Crippen LogP contribution in [-0.4, -0.2) is 24.1 Å². The molecule has 1 saturated carbocycles. The molecule has 1 atom stereocenters. The molecule has 2 fully saturated rings. The second-order valence-corrected chi connectivity index (χ2v) is 7.52. The summed E-state index contributed by atoms with van der Waals surface area (Å²) in [7, 11) is 0. The van der Waals surface area contributed by atoms with Gasteiger partial charge in [0.15, 0.2) is 0 Å². The van der Waals surface area contributed by atoms with Crippen LogP contribution in [0.5, 0.6) is 0 Å². The van der Waals surface area contributed by atoms with E-state index in [1.54, 1.807) is 0 Å². The Bertz CT molecular complexity index is 209. The Labute approximate surface area is 105 Å². The molecular weight excluding hydrogens is 214 g/mol. The molecule has 0 radical (unpaired) electrons. The number of thioether (sulfide) groups is 1. The first-order valence-corrected chi connectivity index (χ1v) is 8.12. The Hall–Kier alpha value is 0.310. The average molecular weight is 241 g/mol. The molecule has 1 heterocycles. The molecule has 2 heteroatoms. The van der Waals surface area contributed by atoms with Gasteiger partial charge in [-0.15, -0.1) is 0 Å². The molecule has 0 aromatic carbocycles. The first-order valence-electron chi connectivity index (χ1n) is 6.97. The molecule has 1 N–H and O–H groups in total. The lowest BCUT2D eigenvalue weighted by Crippen LogP contribution is -2.42. The number of rotatable bonds is 3. The van der Waals surface area contributed by atoms with E-state index in [4.69, 9.17) is 0 Å². The lowest BCUT2D eigenvalue weighted by molar-refractivity contribution is 0.285. The molecule has 1 aliphatic carbocycles. The van der Waals surface area contributed by atoms with Crippen molar-refractivity contribution >= 4 is 11.8 Å². The molecular formula is C14H27NS. The third kappa shape index (κ3) is 3.96. The lowest BCUT2D eigenvalue weighted by atomic mass is 9.86. The van der Waals surface area contributed by atoms with Crippen LogP contribution in [0.3, 0.4) is 0 Å². The summed E-state index contributed by atoms with van der Waals surface area (Å²) >= 11 is 2.13. The number of hydrogen-bond donors (Lipinski definition) is 1. The topological polar surface area (TPSA) is 12.0 Å². The number of nitrogens with one attached hydrogen (secondary N) is 1. The van der Waals surface area contributed by atoms with E-state index in [0.29, 0.717) is 5.41 Å². The van der Waals surface area contributed by atoms with Crippen LogP contribution in [0.25, 0.3) is 0 Å². The predicted octanol–water partition coefficient (Wildman–Crippen LogP) is 3.69. The highest BCUT2D eigenvalue weighted by Crippen LogP contribution is 2.33. The molecule has 16 heavy (non-hydrogen) atoms. The Morgan fingerprint density at radius 1 is 1.19 bits per heavy atom. The van der Waals surface area contributed by atoms with Crippen LogP contribution in [-0.2, 0) is 0 Å². The van der Waals surface area contributed by atoms with Crippen LogP contribution in [0.1, 0.15) is 52.4 Å². The SMILES string of the molecule is CC1(C)CSCC(NCC2CCCCC2)C1. The second-order valence-electron chi connectivity index (χ2n) is 6.49. The van der Waals surface area contributed by atoms with E-state index in [2.05, 4.69) is 30.9 Å². The molecule has 0 amide bonds. The van der Waals surface area contributed by atoms with Gasteiger partial charge in [-0.25, -0.2) is 0 Å². The zero-order valence-corrected chi connectivity index (χ0v) is 11.7. The van der Waals surface area contributed by atoms with E-state index in [1.807, 2.05) is 0 Å². The Morgan fingerprint density at radius 3 is 2.62 bits per heavy atom. The normalized spacial score (nSPS) is 31.5. The van der Waals surface area contributed by atoms with Crippen molar-refractivity contribution in [3.05, 3.63) is 0 Å².